The van der Waals surface area contributed by atoms with Gasteiger partial charge in [0.05, 0.1) is 48.9 Å². The Hall–Kier alpha value is -3.15. The monoisotopic (exact) mass is 489 g/mol. The van der Waals surface area contributed by atoms with Crippen molar-refractivity contribution in [1.82, 2.24) is 13.9 Å². The first-order valence-corrected chi connectivity index (χ1v) is 12.3. The minimum absolute atomic E-state index is 0.0770. The molecule has 0 amide bonds. The summed E-state index contributed by atoms with van der Waals surface area (Å²) < 4.78 is 50.5. The maximum atomic E-state index is 13.0. The summed E-state index contributed by atoms with van der Waals surface area (Å²) in [5.74, 6) is 0.909. The largest absolute Gasteiger partial charge is 0.497 e. The molecule has 2 heterocycles. The van der Waals surface area contributed by atoms with Crippen molar-refractivity contribution in [3.63, 3.8) is 0 Å². The van der Waals surface area contributed by atoms with Crippen LogP contribution in [-0.4, -0.2) is 68.8 Å². The molecule has 0 N–H and O–H groups in total. The average molecular weight is 490 g/mol. The van der Waals surface area contributed by atoms with Gasteiger partial charge in [-0.2, -0.15) is 4.31 Å². The Morgan fingerprint density at radius 2 is 1.74 bits per heavy atom. The molecule has 0 unspecified atom stereocenters. The first-order valence-electron chi connectivity index (χ1n) is 10.8. The summed E-state index contributed by atoms with van der Waals surface area (Å²) in [5.41, 5.74) is 1.57. The van der Waals surface area contributed by atoms with Gasteiger partial charge in [-0.1, -0.05) is 0 Å². The van der Waals surface area contributed by atoms with Crippen molar-refractivity contribution in [3.8, 4) is 11.5 Å². The fourth-order valence-electron chi connectivity index (χ4n) is 3.86. The SMILES string of the molecule is CCn1c(COC(=O)c2cc(OC)cc(OC)c2)nc2cc(S(=O)(=O)N3CCOCC3)ccc21. The van der Waals surface area contributed by atoms with Crippen LogP contribution in [0.4, 0.5) is 0 Å². The molecule has 0 atom stereocenters. The molecule has 0 radical (unpaired) electrons. The van der Waals surface area contributed by atoms with E-state index in [1.165, 1.54) is 18.5 Å². The van der Waals surface area contributed by atoms with Crippen LogP contribution in [0.2, 0.25) is 0 Å². The summed E-state index contributed by atoms with van der Waals surface area (Å²) in [7, 11) is -0.642. The van der Waals surface area contributed by atoms with Crippen LogP contribution >= 0.6 is 0 Å². The lowest BCUT2D eigenvalue weighted by molar-refractivity contribution is 0.0458. The second kappa shape index (κ2) is 10.00. The van der Waals surface area contributed by atoms with Crippen LogP contribution < -0.4 is 9.47 Å². The molecule has 34 heavy (non-hydrogen) atoms. The second-order valence-corrected chi connectivity index (χ2v) is 9.55. The Bertz CT molecular complexity index is 1280. The highest BCUT2D eigenvalue weighted by atomic mass is 32.2. The van der Waals surface area contributed by atoms with E-state index in [-0.39, 0.29) is 17.1 Å². The van der Waals surface area contributed by atoms with Gasteiger partial charge in [0, 0.05) is 25.7 Å². The number of sulfonamides is 1. The molecule has 1 saturated heterocycles. The molecule has 0 saturated carbocycles. The highest BCUT2D eigenvalue weighted by Crippen LogP contribution is 2.25. The normalized spacial score (nSPS) is 14.8. The number of carbonyl (C=O) groups is 1. The lowest BCUT2D eigenvalue weighted by Gasteiger charge is -2.26. The van der Waals surface area contributed by atoms with Gasteiger partial charge in [0.2, 0.25) is 10.0 Å². The summed E-state index contributed by atoms with van der Waals surface area (Å²) in [6, 6.07) is 9.67. The number of nitrogens with zero attached hydrogens (tertiary/aromatic N) is 3. The molecule has 3 aromatic rings. The molecular formula is C23H27N3O7S. The predicted octanol–water partition coefficient (Wildman–Crippen LogP) is 2.45. The first kappa shape index (κ1) is 24.0. The van der Waals surface area contributed by atoms with E-state index in [4.69, 9.17) is 18.9 Å². The number of benzene rings is 2. The fraction of sp³-hybridized carbons (Fsp3) is 0.391. The van der Waals surface area contributed by atoms with Crippen LogP contribution in [-0.2, 0) is 32.6 Å². The first-order chi connectivity index (χ1) is 16.4. The molecule has 2 aromatic carbocycles. The van der Waals surface area contributed by atoms with Crippen molar-refractivity contribution in [2.24, 2.45) is 0 Å². The van der Waals surface area contributed by atoms with Gasteiger partial charge in [0.15, 0.2) is 0 Å². The van der Waals surface area contributed by atoms with Gasteiger partial charge in [-0.15, -0.1) is 0 Å². The van der Waals surface area contributed by atoms with E-state index in [1.54, 1.807) is 36.4 Å². The van der Waals surface area contributed by atoms with Gasteiger partial charge in [-0.25, -0.2) is 18.2 Å². The van der Waals surface area contributed by atoms with Crippen molar-refractivity contribution in [2.75, 3.05) is 40.5 Å². The molecule has 0 spiro atoms. The maximum Gasteiger partial charge on any atom is 0.338 e. The average Bonchev–Trinajstić information content (AvgIpc) is 3.24. The molecule has 4 rings (SSSR count). The van der Waals surface area contributed by atoms with E-state index >= 15 is 0 Å². The molecule has 0 bridgehead atoms. The summed E-state index contributed by atoms with van der Waals surface area (Å²) in [4.78, 5) is 17.4. The zero-order valence-corrected chi connectivity index (χ0v) is 20.1. The predicted molar refractivity (Wildman–Crippen MR) is 124 cm³/mol. The van der Waals surface area contributed by atoms with Gasteiger partial charge in [0.25, 0.3) is 0 Å². The Labute approximate surface area is 198 Å². The maximum absolute atomic E-state index is 13.0. The van der Waals surface area contributed by atoms with Crippen molar-refractivity contribution in [3.05, 3.63) is 47.8 Å². The van der Waals surface area contributed by atoms with Crippen LogP contribution in [0.1, 0.15) is 23.1 Å². The molecule has 1 aromatic heterocycles. The molecular weight excluding hydrogens is 462 g/mol. The summed E-state index contributed by atoms with van der Waals surface area (Å²) in [5, 5.41) is 0. The number of rotatable bonds is 8. The number of fused-ring (bicyclic) bond motifs is 1. The third-order valence-electron chi connectivity index (χ3n) is 5.64. The Morgan fingerprint density at radius 1 is 1.06 bits per heavy atom. The number of ether oxygens (including phenoxy) is 4. The Morgan fingerprint density at radius 3 is 2.35 bits per heavy atom. The number of esters is 1. The number of imidazole rings is 1. The van der Waals surface area contributed by atoms with Crippen molar-refractivity contribution in [1.29, 1.82) is 0 Å². The minimum atomic E-state index is -3.64. The number of methoxy groups -OCH3 is 2. The molecule has 10 nitrogen and oxygen atoms in total. The quantitative estimate of drug-likeness (QED) is 0.444. The number of hydrogen-bond donors (Lipinski definition) is 0. The summed E-state index contributed by atoms with van der Waals surface area (Å²) >= 11 is 0. The molecule has 182 valence electrons. The summed E-state index contributed by atoms with van der Waals surface area (Å²) in [6.07, 6.45) is 0. The Kier molecular flexibility index (Phi) is 7.05. The number of aromatic nitrogens is 2. The molecule has 1 aliphatic rings. The van der Waals surface area contributed by atoms with Crippen molar-refractivity contribution in [2.45, 2.75) is 25.0 Å². The van der Waals surface area contributed by atoms with Crippen LogP contribution in [0, 0.1) is 0 Å². The van der Waals surface area contributed by atoms with E-state index in [9.17, 15) is 13.2 Å². The lowest BCUT2D eigenvalue weighted by Crippen LogP contribution is -2.40. The zero-order valence-electron chi connectivity index (χ0n) is 19.3. The second-order valence-electron chi connectivity index (χ2n) is 7.62. The van der Waals surface area contributed by atoms with E-state index < -0.39 is 16.0 Å². The number of hydrogen-bond acceptors (Lipinski definition) is 8. The number of morpholine rings is 1. The third-order valence-corrected chi connectivity index (χ3v) is 7.54. The van der Waals surface area contributed by atoms with E-state index in [2.05, 4.69) is 4.98 Å². The Balaban J connectivity index is 1.58. The van der Waals surface area contributed by atoms with Gasteiger partial charge < -0.3 is 23.5 Å². The van der Waals surface area contributed by atoms with Gasteiger partial charge >= 0.3 is 5.97 Å². The topological polar surface area (TPSA) is 109 Å². The summed E-state index contributed by atoms with van der Waals surface area (Å²) in [6.45, 7) is 3.83. The number of carbonyl (C=O) groups excluding carboxylic acids is 1. The lowest BCUT2D eigenvalue weighted by atomic mass is 10.2. The van der Waals surface area contributed by atoms with Crippen molar-refractivity contribution >= 4 is 27.0 Å². The van der Waals surface area contributed by atoms with Crippen molar-refractivity contribution < 1.29 is 32.2 Å². The molecule has 11 heteroatoms. The van der Waals surface area contributed by atoms with E-state index in [0.29, 0.717) is 55.7 Å². The van der Waals surface area contributed by atoms with Gasteiger partial charge in [0.1, 0.15) is 23.9 Å². The minimum Gasteiger partial charge on any atom is -0.497 e. The van der Waals surface area contributed by atoms with Crippen LogP contribution in [0.5, 0.6) is 11.5 Å². The molecule has 0 aliphatic carbocycles. The van der Waals surface area contributed by atoms with Crippen LogP contribution in [0.25, 0.3) is 11.0 Å². The van der Waals surface area contributed by atoms with E-state index in [0.717, 1.165) is 5.52 Å². The standard InChI is InChI=1S/C23H27N3O7S/c1-4-26-21-6-5-19(34(28,29)25-7-9-32-10-8-25)14-20(21)24-22(26)15-33-23(27)16-11-17(30-2)13-18(12-16)31-3/h5-6,11-14H,4,7-10,15H2,1-3H3. The van der Waals surface area contributed by atoms with Gasteiger partial charge in [-0.3, -0.25) is 0 Å². The molecule has 1 aliphatic heterocycles. The molecule has 1 fully saturated rings. The van der Waals surface area contributed by atoms with Crippen LogP contribution in [0.15, 0.2) is 41.3 Å². The highest BCUT2D eigenvalue weighted by molar-refractivity contribution is 7.89. The third kappa shape index (κ3) is 4.72. The van der Waals surface area contributed by atoms with E-state index in [1.807, 2.05) is 11.5 Å². The fourth-order valence-corrected chi connectivity index (χ4v) is 5.29. The highest BCUT2D eigenvalue weighted by Gasteiger charge is 2.27. The smallest absolute Gasteiger partial charge is 0.338 e. The number of aryl methyl sites for hydroxylation is 1. The van der Waals surface area contributed by atoms with Gasteiger partial charge in [-0.05, 0) is 37.3 Å². The zero-order chi connectivity index (χ0) is 24.3. The van der Waals surface area contributed by atoms with Crippen LogP contribution in [0.3, 0.4) is 0 Å².